The summed E-state index contributed by atoms with van der Waals surface area (Å²) < 4.78 is 5.43. The third-order valence-electron chi connectivity index (χ3n) is 9.97. The van der Waals surface area contributed by atoms with Crippen molar-refractivity contribution in [3.8, 4) is 0 Å². The molecule has 0 radical (unpaired) electrons. The normalized spacial score (nSPS) is 12.9. The predicted molar refractivity (Wildman–Crippen MR) is 218 cm³/mol. The number of nitrogens with one attached hydrogen (secondary N) is 1. The third kappa shape index (κ3) is 37.9. The van der Waals surface area contributed by atoms with Crippen molar-refractivity contribution in [2.24, 2.45) is 0 Å². The first-order valence-corrected chi connectivity index (χ1v) is 22.1. The molecule has 0 heterocycles. The number of carbonyl (C=O) groups is 2. The minimum absolute atomic E-state index is 0.0365. The zero-order valence-corrected chi connectivity index (χ0v) is 33.8. The summed E-state index contributed by atoms with van der Waals surface area (Å²) in [6.45, 7) is 4.78. The molecule has 0 spiro atoms. The molecule has 0 aliphatic heterocycles. The van der Waals surface area contributed by atoms with Crippen molar-refractivity contribution >= 4 is 11.9 Å². The lowest BCUT2D eigenvalue weighted by atomic mass is 10.0. The Balaban J connectivity index is 3.56. The van der Waals surface area contributed by atoms with Crippen molar-refractivity contribution in [3.05, 3.63) is 24.3 Å². The van der Waals surface area contributed by atoms with Crippen molar-refractivity contribution in [3.63, 3.8) is 0 Å². The molecule has 6 nitrogen and oxygen atoms in total. The zero-order chi connectivity index (χ0) is 37.3. The molecule has 6 heteroatoms. The number of aliphatic hydroxyl groups excluding tert-OH is 2. The SMILES string of the molecule is CCCCCCCCCC/C=C/C(O)C(CO)NC(=O)CCC/C=C\CCCCCCOC(=O)CCCCCCCCCCCCCCCCC. The van der Waals surface area contributed by atoms with E-state index in [2.05, 4.69) is 31.3 Å². The summed E-state index contributed by atoms with van der Waals surface area (Å²) >= 11 is 0. The molecule has 3 N–H and O–H groups in total. The molecule has 0 aromatic carbocycles. The number of hydrogen-bond donors (Lipinski definition) is 3. The monoisotopic (exact) mass is 720 g/mol. The number of rotatable bonds is 40. The van der Waals surface area contributed by atoms with Crippen LogP contribution in [0.15, 0.2) is 24.3 Å². The summed E-state index contributed by atoms with van der Waals surface area (Å²) in [6.07, 6.45) is 46.0. The van der Waals surface area contributed by atoms with Gasteiger partial charge in [0.05, 0.1) is 25.4 Å². The highest BCUT2D eigenvalue weighted by Crippen LogP contribution is 2.15. The fourth-order valence-electron chi connectivity index (χ4n) is 6.52. The number of ether oxygens (including phenoxy) is 1. The van der Waals surface area contributed by atoms with Crippen molar-refractivity contribution in [1.29, 1.82) is 0 Å². The summed E-state index contributed by atoms with van der Waals surface area (Å²) in [5, 5.41) is 22.8. The molecular weight excluding hydrogens is 634 g/mol. The second-order valence-electron chi connectivity index (χ2n) is 15.0. The van der Waals surface area contributed by atoms with Gasteiger partial charge in [0.2, 0.25) is 5.91 Å². The fourth-order valence-corrected chi connectivity index (χ4v) is 6.52. The summed E-state index contributed by atoms with van der Waals surface area (Å²) in [7, 11) is 0. The van der Waals surface area contributed by atoms with E-state index in [0.29, 0.717) is 19.4 Å². The van der Waals surface area contributed by atoms with Gasteiger partial charge in [-0.1, -0.05) is 186 Å². The topological polar surface area (TPSA) is 95.9 Å². The largest absolute Gasteiger partial charge is 0.466 e. The van der Waals surface area contributed by atoms with Gasteiger partial charge in [-0.2, -0.15) is 0 Å². The summed E-state index contributed by atoms with van der Waals surface area (Å²) in [4.78, 5) is 24.3. The molecule has 0 aromatic heterocycles. The first kappa shape index (κ1) is 49.3. The van der Waals surface area contributed by atoms with E-state index in [-0.39, 0.29) is 18.5 Å². The van der Waals surface area contributed by atoms with Gasteiger partial charge in [-0.05, 0) is 51.4 Å². The molecule has 0 rings (SSSR count). The van der Waals surface area contributed by atoms with Crippen LogP contribution < -0.4 is 5.32 Å². The van der Waals surface area contributed by atoms with E-state index in [1.807, 2.05) is 6.08 Å². The third-order valence-corrected chi connectivity index (χ3v) is 9.97. The van der Waals surface area contributed by atoms with Gasteiger partial charge in [-0.25, -0.2) is 0 Å². The number of aliphatic hydroxyl groups is 2. The molecule has 0 aromatic rings. The molecule has 300 valence electrons. The van der Waals surface area contributed by atoms with Gasteiger partial charge in [0.15, 0.2) is 0 Å². The Morgan fingerprint density at radius 3 is 1.43 bits per heavy atom. The first-order chi connectivity index (χ1) is 25.0. The molecule has 2 unspecified atom stereocenters. The molecule has 0 aliphatic carbocycles. The van der Waals surface area contributed by atoms with Crippen LogP contribution in [0.3, 0.4) is 0 Å². The van der Waals surface area contributed by atoms with E-state index in [9.17, 15) is 19.8 Å². The van der Waals surface area contributed by atoms with E-state index >= 15 is 0 Å². The van der Waals surface area contributed by atoms with E-state index in [0.717, 1.165) is 70.6 Å². The van der Waals surface area contributed by atoms with Crippen LogP contribution in [0.5, 0.6) is 0 Å². The van der Waals surface area contributed by atoms with Crippen LogP contribution in [0.4, 0.5) is 0 Å². The Hall–Kier alpha value is -1.66. The van der Waals surface area contributed by atoms with Gasteiger partial charge in [-0.15, -0.1) is 0 Å². The predicted octanol–water partition coefficient (Wildman–Crippen LogP) is 12.4. The fraction of sp³-hybridized carbons (Fsp3) is 0.867. The number of esters is 1. The maximum atomic E-state index is 12.3. The minimum Gasteiger partial charge on any atom is -0.466 e. The van der Waals surface area contributed by atoms with E-state index in [1.165, 1.54) is 128 Å². The van der Waals surface area contributed by atoms with E-state index < -0.39 is 12.1 Å². The first-order valence-electron chi connectivity index (χ1n) is 22.1. The van der Waals surface area contributed by atoms with Crippen LogP contribution in [0.1, 0.15) is 226 Å². The lowest BCUT2D eigenvalue weighted by Crippen LogP contribution is -2.45. The second kappa shape index (κ2) is 41.1. The molecule has 51 heavy (non-hydrogen) atoms. The highest BCUT2D eigenvalue weighted by atomic mass is 16.5. The quantitative estimate of drug-likeness (QED) is 0.0333. The summed E-state index contributed by atoms with van der Waals surface area (Å²) in [6, 6.07) is -0.662. The molecule has 2 atom stereocenters. The summed E-state index contributed by atoms with van der Waals surface area (Å²) in [5.41, 5.74) is 0. The van der Waals surface area contributed by atoms with Crippen LogP contribution in [0.2, 0.25) is 0 Å². The van der Waals surface area contributed by atoms with Crippen molar-refractivity contribution in [2.75, 3.05) is 13.2 Å². The molecule has 0 aliphatic rings. The van der Waals surface area contributed by atoms with Crippen LogP contribution in [0.25, 0.3) is 0 Å². The van der Waals surface area contributed by atoms with Crippen LogP contribution in [0, 0.1) is 0 Å². The van der Waals surface area contributed by atoms with Crippen LogP contribution in [-0.2, 0) is 14.3 Å². The Morgan fingerprint density at radius 2 is 0.941 bits per heavy atom. The molecule has 0 saturated carbocycles. The molecule has 0 saturated heterocycles. The maximum absolute atomic E-state index is 12.3. The van der Waals surface area contributed by atoms with Gasteiger partial charge in [0, 0.05) is 12.8 Å². The average Bonchev–Trinajstić information content (AvgIpc) is 3.13. The number of amides is 1. The standard InChI is InChI=1S/C45H85NO5/c1-3-5-7-9-11-13-15-16-17-18-19-23-27-31-35-39-45(50)51-40-36-32-28-24-20-22-26-30-34-38-44(49)46-42(41-47)43(48)37-33-29-25-21-14-12-10-8-6-4-2/h22,26,33,37,42-43,47-48H,3-21,23-25,27-32,34-36,38-41H2,1-2H3,(H,46,49)/b26-22-,37-33+. The minimum atomic E-state index is -0.872. The van der Waals surface area contributed by atoms with Gasteiger partial charge in [-0.3, -0.25) is 9.59 Å². The molecule has 1 amide bonds. The van der Waals surface area contributed by atoms with Gasteiger partial charge in [0.25, 0.3) is 0 Å². The van der Waals surface area contributed by atoms with Crippen molar-refractivity contribution in [2.45, 2.75) is 238 Å². The Labute approximate surface area is 316 Å². The number of allylic oxidation sites excluding steroid dienone is 3. The van der Waals surface area contributed by atoms with Gasteiger partial charge < -0.3 is 20.3 Å². The van der Waals surface area contributed by atoms with E-state index in [4.69, 9.17) is 4.74 Å². The smallest absolute Gasteiger partial charge is 0.305 e. The summed E-state index contributed by atoms with van der Waals surface area (Å²) in [5.74, 6) is -0.168. The Bertz CT molecular complexity index is 797. The zero-order valence-electron chi connectivity index (χ0n) is 33.8. The lowest BCUT2D eigenvalue weighted by Gasteiger charge is -2.19. The van der Waals surface area contributed by atoms with Crippen LogP contribution >= 0.6 is 0 Å². The highest BCUT2D eigenvalue weighted by molar-refractivity contribution is 5.76. The highest BCUT2D eigenvalue weighted by Gasteiger charge is 2.17. The van der Waals surface area contributed by atoms with Gasteiger partial charge in [0.1, 0.15) is 0 Å². The van der Waals surface area contributed by atoms with Crippen molar-refractivity contribution < 1.29 is 24.5 Å². The molecule has 0 bridgehead atoms. The van der Waals surface area contributed by atoms with E-state index in [1.54, 1.807) is 6.08 Å². The van der Waals surface area contributed by atoms with Gasteiger partial charge >= 0.3 is 5.97 Å². The number of unbranched alkanes of at least 4 members (excludes halogenated alkanes) is 27. The molecular formula is C45H85NO5. The second-order valence-corrected chi connectivity index (χ2v) is 15.0. The molecule has 0 fully saturated rings. The average molecular weight is 720 g/mol. The Kier molecular flexibility index (Phi) is 39.8. The number of hydrogen-bond acceptors (Lipinski definition) is 5. The number of carbonyl (C=O) groups excluding carboxylic acids is 2. The Morgan fingerprint density at radius 1 is 0.529 bits per heavy atom. The lowest BCUT2D eigenvalue weighted by molar-refractivity contribution is -0.143. The van der Waals surface area contributed by atoms with Crippen molar-refractivity contribution in [1.82, 2.24) is 5.32 Å². The van der Waals surface area contributed by atoms with Crippen LogP contribution in [-0.4, -0.2) is 47.4 Å². The maximum Gasteiger partial charge on any atom is 0.305 e.